The first-order valence-corrected chi connectivity index (χ1v) is 4.28. The highest BCUT2D eigenvalue weighted by Crippen LogP contribution is 1.99. The number of rotatable bonds is 3. The van der Waals surface area contributed by atoms with E-state index in [4.69, 9.17) is 0 Å². The van der Waals surface area contributed by atoms with Crippen LogP contribution >= 0.6 is 16.1 Å². The first-order valence-electron chi connectivity index (χ1n) is 3.48. The Balaban J connectivity index is 2.50. The van der Waals surface area contributed by atoms with Crippen LogP contribution < -0.4 is 4.34 Å². The van der Waals surface area contributed by atoms with Crippen LogP contribution in [-0.2, 0) is 0 Å². The molecule has 0 unspecified atom stereocenters. The highest BCUT2D eigenvalue weighted by molar-refractivity contribution is 9.08. The summed E-state index contributed by atoms with van der Waals surface area (Å²) >= 11 is 3.12. The first kappa shape index (κ1) is 8.50. The van der Waals surface area contributed by atoms with Crippen LogP contribution in [0.25, 0.3) is 6.08 Å². The van der Waals surface area contributed by atoms with Crippen LogP contribution in [0, 0.1) is 0 Å². The number of halogens is 1. The van der Waals surface area contributed by atoms with Crippen molar-refractivity contribution in [3.8, 4) is 0 Å². The molecule has 0 heterocycles. The van der Waals surface area contributed by atoms with E-state index < -0.39 is 0 Å². The van der Waals surface area contributed by atoms with E-state index in [1.807, 2.05) is 18.2 Å². The van der Waals surface area contributed by atoms with Crippen molar-refractivity contribution in [3.63, 3.8) is 0 Å². The van der Waals surface area contributed by atoms with Gasteiger partial charge in [0.2, 0.25) is 0 Å². The van der Waals surface area contributed by atoms with Gasteiger partial charge in [0.1, 0.15) is 0 Å². The normalized spacial score (nSPS) is 10.6. The van der Waals surface area contributed by atoms with Crippen molar-refractivity contribution in [3.05, 3.63) is 42.0 Å². The van der Waals surface area contributed by atoms with Gasteiger partial charge in [0, 0.05) is 22.7 Å². The molecule has 1 aromatic rings. The van der Waals surface area contributed by atoms with Crippen molar-refractivity contribution < 1.29 is 0 Å². The Bertz CT molecular complexity index is 218. The van der Waals surface area contributed by atoms with E-state index in [1.165, 1.54) is 5.56 Å². The summed E-state index contributed by atoms with van der Waals surface area (Å²) in [5.74, 6) is 0. The largest absolute Gasteiger partial charge is 0.252 e. The maximum atomic E-state index is 3.12. The van der Waals surface area contributed by atoms with Crippen LogP contribution in [-0.4, -0.2) is 6.54 Å². The molecule has 0 atom stereocenters. The molecule has 0 aromatic heterocycles. The fraction of sp³-hybridized carbons (Fsp3) is 0.111. The van der Waals surface area contributed by atoms with Gasteiger partial charge < -0.3 is 0 Å². The molecule has 0 aliphatic carbocycles. The second-order valence-corrected chi connectivity index (χ2v) is 2.71. The molecule has 11 heavy (non-hydrogen) atoms. The first-order chi connectivity index (χ1) is 5.43. The maximum absolute atomic E-state index is 3.12. The summed E-state index contributed by atoms with van der Waals surface area (Å²) in [6, 6.07) is 10.2. The van der Waals surface area contributed by atoms with Crippen molar-refractivity contribution >= 4 is 22.2 Å². The molecule has 0 aliphatic heterocycles. The van der Waals surface area contributed by atoms with Gasteiger partial charge in [-0.05, 0) is 5.56 Å². The lowest BCUT2D eigenvalue weighted by molar-refractivity contribution is 1.16. The van der Waals surface area contributed by atoms with Gasteiger partial charge >= 0.3 is 0 Å². The second kappa shape index (κ2) is 5.10. The average Bonchev–Trinajstić information content (AvgIpc) is 2.07. The molecule has 0 fully saturated rings. The van der Waals surface area contributed by atoms with E-state index in [2.05, 4.69) is 44.8 Å². The molecule has 0 saturated carbocycles. The molecule has 1 aromatic carbocycles. The molecule has 0 aliphatic rings. The summed E-state index contributed by atoms with van der Waals surface area (Å²) in [7, 11) is 0. The van der Waals surface area contributed by atoms with E-state index in [-0.39, 0.29) is 0 Å². The van der Waals surface area contributed by atoms with Crippen molar-refractivity contribution in [2.75, 3.05) is 6.54 Å². The van der Waals surface area contributed by atoms with E-state index in [0.29, 0.717) is 0 Å². The maximum Gasteiger partial charge on any atom is 0.0245 e. The summed E-state index contributed by atoms with van der Waals surface area (Å²) in [6.45, 7) is 0.842. The molecule has 0 amide bonds. The zero-order valence-corrected chi connectivity index (χ0v) is 7.71. The third-order valence-electron chi connectivity index (χ3n) is 1.30. The third-order valence-corrected chi connectivity index (χ3v) is 1.63. The van der Waals surface area contributed by atoms with Crippen LogP contribution in [0.5, 0.6) is 0 Å². The Hall–Kier alpha value is -0.600. The zero-order valence-electron chi connectivity index (χ0n) is 6.13. The summed E-state index contributed by atoms with van der Waals surface area (Å²) in [4.78, 5) is 0. The smallest absolute Gasteiger partial charge is 0.0245 e. The Kier molecular flexibility index (Phi) is 3.94. The molecule has 1 N–H and O–H groups in total. The minimum Gasteiger partial charge on any atom is -0.252 e. The van der Waals surface area contributed by atoms with Crippen molar-refractivity contribution in [2.45, 2.75) is 0 Å². The van der Waals surface area contributed by atoms with Gasteiger partial charge in [0.15, 0.2) is 0 Å². The quantitative estimate of drug-likeness (QED) is 0.759. The molecule has 58 valence electrons. The Morgan fingerprint density at radius 2 is 2.00 bits per heavy atom. The standard InChI is InChI=1S/C9H10BrN/c10-11-8-4-7-9-5-2-1-3-6-9/h1-7,11H,8H2. The lowest BCUT2D eigenvalue weighted by Crippen LogP contribution is -1.93. The molecule has 2 heteroatoms. The molecule has 0 radical (unpaired) electrons. The minimum atomic E-state index is 0.842. The predicted molar refractivity (Wildman–Crippen MR) is 52.4 cm³/mol. The fourth-order valence-corrected chi connectivity index (χ4v) is 0.991. The Morgan fingerprint density at radius 3 is 2.64 bits per heavy atom. The summed E-state index contributed by atoms with van der Waals surface area (Å²) in [5, 5.41) is 0. The zero-order chi connectivity index (χ0) is 7.94. The van der Waals surface area contributed by atoms with Crippen LogP contribution in [0.2, 0.25) is 0 Å². The second-order valence-electron chi connectivity index (χ2n) is 2.15. The van der Waals surface area contributed by atoms with E-state index in [1.54, 1.807) is 0 Å². The molecule has 1 nitrogen and oxygen atoms in total. The summed E-state index contributed by atoms with van der Waals surface area (Å²) in [5.41, 5.74) is 1.23. The molecular weight excluding hydrogens is 202 g/mol. The van der Waals surface area contributed by atoms with Crippen molar-refractivity contribution in [2.24, 2.45) is 0 Å². The van der Waals surface area contributed by atoms with Crippen LogP contribution in [0.15, 0.2) is 36.4 Å². The predicted octanol–water partition coefficient (Wildman–Crippen LogP) is 2.60. The van der Waals surface area contributed by atoms with E-state index in [0.717, 1.165) is 6.54 Å². The van der Waals surface area contributed by atoms with Gasteiger partial charge in [0.05, 0.1) is 0 Å². The SMILES string of the molecule is BrNCC=Cc1ccccc1. The lowest BCUT2D eigenvalue weighted by Gasteiger charge is -1.90. The Morgan fingerprint density at radius 1 is 1.27 bits per heavy atom. The molecule has 0 bridgehead atoms. The number of nitrogens with one attached hydrogen (secondary N) is 1. The van der Waals surface area contributed by atoms with Crippen LogP contribution in [0.3, 0.4) is 0 Å². The van der Waals surface area contributed by atoms with Gasteiger partial charge in [0.25, 0.3) is 0 Å². The number of benzene rings is 1. The van der Waals surface area contributed by atoms with Crippen molar-refractivity contribution in [1.82, 2.24) is 4.34 Å². The van der Waals surface area contributed by atoms with Gasteiger partial charge in [-0.3, -0.25) is 4.34 Å². The summed E-state index contributed by atoms with van der Waals surface area (Å²) < 4.78 is 2.86. The highest BCUT2D eigenvalue weighted by atomic mass is 79.9. The molecule has 1 rings (SSSR count). The van der Waals surface area contributed by atoms with Crippen molar-refractivity contribution in [1.29, 1.82) is 0 Å². The third kappa shape index (κ3) is 3.35. The van der Waals surface area contributed by atoms with Gasteiger partial charge in [-0.2, -0.15) is 0 Å². The van der Waals surface area contributed by atoms with Gasteiger partial charge in [-0.25, -0.2) is 0 Å². The molecule has 0 saturated heterocycles. The molecule has 0 spiro atoms. The molecular formula is C9H10BrN. The topological polar surface area (TPSA) is 12.0 Å². The minimum absolute atomic E-state index is 0.842. The number of hydrogen-bond acceptors (Lipinski definition) is 1. The van der Waals surface area contributed by atoms with Crippen LogP contribution in [0.1, 0.15) is 5.56 Å². The fourth-order valence-electron chi connectivity index (χ4n) is 0.804. The average molecular weight is 212 g/mol. The lowest BCUT2D eigenvalue weighted by atomic mass is 10.2. The monoisotopic (exact) mass is 211 g/mol. The summed E-state index contributed by atoms with van der Waals surface area (Å²) in [6.07, 6.45) is 4.14. The number of hydrogen-bond donors (Lipinski definition) is 1. The highest BCUT2D eigenvalue weighted by Gasteiger charge is 1.80. The van der Waals surface area contributed by atoms with E-state index >= 15 is 0 Å². The van der Waals surface area contributed by atoms with Gasteiger partial charge in [-0.1, -0.05) is 42.5 Å². The van der Waals surface area contributed by atoms with E-state index in [9.17, 15) is 0 Å². The van der Waals surface area contributed by atoms with Crippen LogP contribution in [0.4, 0.5) is 0 Å². The van der Waals surface area contributed by atoms with Gasteiger partial charge in [-0.15, -0.1) is 0 Å². The Labute approximate surface area is 75.5 Å².